The Morgan fingerprint density at radius 3 is 2.11 bits per heavy atom. The van der Waals surface area contributed by atoms with E-state index in [0.717, 1.165) is 0 Å². The van der Waals surface area contributed by atoms with Crippen molar-refractivity contribution in [2.45, 2.75) is 26.4 Å². The second-order valence-electron chi connectivity index (χ2n) is 2.64. The fraction of sp³-hybridized carbons (Fsp3) is 0.667. The van der Waals surface area contributed by atoms with Crippen LogP contribution in [0.2, 0.25) is 0 Å². The first-order valence-electron chi connectivity index (χ1n) is 2.65. The van der Waals surface area contributed by atoms with Crippen molar-refractivity contribution in [3.8, 4) is 0 Å². The van der Waals surface area contributed by atoms with Crippen LogP contribution in [0.3, 0.4) is 0 Å². The van der Waals surface area contributed by atoms with Crippen LogP contribution < -0.4 is 0 Å². The molecule has 0 aromatic carbocycles. The van der Waals surface area contributed by atoms with Gasteiger partial charge in [-0.25, -0.2) is 4.79 Å². The lowest BCUT2D eigenvalue weighted by molar-refractivity contribution is 0.0606. The summed E-state index contributed by atoms with van der Waals surface area (Å²) in [4.78, 5) is 13.4. The molecule has 0 rings (SSSR count). The Morgan fingerprint density at radius 1 is 1.56 bits per heavy atom. The summed E-state index contributed by atoms with van der Waals surface area (Å²) in [7, 11) is 0. The molecule has 0 radical (unpaired) electrons. The highest BCUT2D eigenvalue weighted by Gasteiger charge is 2.13. The molecule has 0 fully saturated rings. The number of hydrogen-bond donors (Lipinski definition) is 0. The normalized spacial score (nSPS) is 10.6. The topological polar surface area (TPSA) is 38.7 Å². The van der Waals surface area contributed by atoms with Crippen LogP contribution in [0.1, 0.15) is 20.8 Å². The maximum atomic E-state index is 10.4. The van der Waals surface area contributed by atoms with E-state index < -0.39 is 11.7 Å². The summed E-state index contributed by atoms with van der Waals surface area (Å²) in [5.41, 5.74) is -0.460. The van der Waals surface area contributed by atoms with Crippen LogP contribution in [0.15, 0.2) is 4.99 Å². The number of carbonyl (C=O) groups is 1. The third-order valence-electron chi connectivity index (χ3n) is 0.523. The second kappa shape index (κ2) is 2.62. The van der Waals surface area contributed by atoms with Gasteiger partial charge in [-0.15, -0.1) is 0 Å². The van der Waals surface area contributed by atoms with Crippen LogP contribution >= 0.6 is 0 Å². The Balaban J connectivity index is 3.74. The van der Waals surface area contributed by atoms with Crippen LogP contribution in [0, 0.1) is 0 Å². The summed E-state index contributed by atoms with van der Waals surface area (Å²) in [6.07, 6.45) is -0.623. The standard InChI is InChI=1S/C6H11NO2/c1-6(2,3)9-5(8)7-4/h4H2,1-3H3. The molecule has 3 nitrogen and oxygen atoms in total. The summed E-state index contributed by atoms with van der Waals surface area (Å²) in [6.45, 7) is 8.34. The zero-order valence-electron chi connectivity index (χ0n) is 5.97. The molecule has 0 N–H and O–H groups in total. The van der Waals surface area contributed by atoms with Gasteiger partial charge < -0.3 is 4.74 Å². The number of ether oxygens (including phenoxy) is 1. The van der Waals surface area contributed by atoms with E-state index in [9.17, 15) is 4.79 Å². The number of rotatable bonds is 0. The van der Waals surface area contributed by atoms with Crippen LogP contribution in [-0.2, 0) is 4.74 Å². The largest absolute Gasteiger partial charge is 0.442 e. The third kappa shape index (κ3) is 5.00. The fourth-order valence-corrected chi connectivity index (χ4v) is 0.294. The van der Waals surface area contributed by atoms with Gasteiger partial charge in [-0.3, -0.25) is 0 Å². The second-order valence-corrected chi connectivity index (χ2v) is 2.64. The van der Waals surface area contributed by atoms with Gasteiger partial charge in [0.2, 0.25) is 0 Å². The number of carbonyl (C=O) groups excluding carboxylic acids is 1. The third-order valence-corrected chi connectivity index (χ3v) is 0.523. The molecule has 0 aromatic rings. The van der Waals surface area contributed by atoms with Gasteiger partial charge in [-0.05, 0) is 27.5 Å². The predicted molar refractivity (Wildman–Crippen MR) is 35.8 cm³/mol. The van der Waals surface area contributed by atoms with Gasteiger partial charge in [0.25, 0.3) is 0 Å². The number of nitrogens with zero attached hydrogens (tertiary/aromatic N) is 1. The summed E-state index contributed by atoms with van der Waals surface area (Å²) in [6, 6.07) is 0. The van der Waals surface area contributed by atoms with E-state index in [1.54, 1.807) is 20.8 Å². The lowest BCUT2D eigenvalue weighted by atomic mass is 10.2. The van der Waals surface area contributed by atoms with E-state index in [2.05, 4.69) is 11.7 Å². The smallest absolute Gasteiger partial charge is 0.433 e. The summed E-state index contributed by atoms with van der Waals surface area (Å²) >= 11 is 0. The van der Waals surface area contributed by atoms with E-state index in [1.165, 1.54) is 0 Å². The molecule has 0 spiro atoms. The van der Waals surface area contributed by atoms with E-state index in [4.69, 9.17) is 4.74 Å². The number of aliphatic imine (C=N–C) groups is 1. The summed E-state index contributed by atoms with van der Waals surface area (Å²) in [5, 5.41) is 0. The van der Waals surface area contributed by atoms with E-state index in [0.29, 0.717) is 0 Å². The molecule has 0 saturated heterocycles. The highest BCUT2D eigenvalue weighted by atomic mass is 16.6. The molecular formula is C6H11NO2. The molecule has 3 heteroatoms. The average molecular weight is 129 g/mol. The Hall–Kier alpha value is -0.860. The number of amides is 1. The minimum atomic E-state index is -0.623. The van der Waals surface area contributed by atoms with Gasteiger partial charge in [0.15, 0.2) is 0 Å². The maximum absolute atomic E-state index is 10.4. The van der Waals surface area contributed by atoms with Crippen molar-refractivity contribution in [1.29, 1.82) is 0 Å². The van der Waals surface area contributed by atoms with Crippen molar-refractivity contribution >= 4 is 12.8 Å². The first-order chi connectivity index (χ1) is 3.95. The molecule has 9 heavy (non-hydrogen) atoms. The molecule has 0 heterocycles. The highest BCUT2D eigenvalue weighted by Crippen LogP contribution is 2.07. The molecule has 0 aliphatic rings. The molecule has 0 saturated carbocycles. The zero-order chi connectivity index (χ0) is 7.49. The SMILES string of the molecule is C=NC(=O)OC(C)(C)C. The van der Waals surface area contributed by atoms with E-state index in [-0.39, 0.29) is 0 Å². The predicted octanol–water partition coefficient (Wildman–Crippen LogP) is 1.62. The molecular weight excluding hydrogens is 118 g/mol. The molecule has 0 atom stereocenters. The summed E-state index contributed by atoms with van der Waals surface area (Å²) < 4.78 is 4.72. The van der Waals surface area contributed by atoms with Gasteiger partial charge in [0.1, 0.15) is 5.60 Å². The van der Waals surface area contributed by atoms with E-state index in [1.807, 2.05) is 0 Å². The quantitative estimate of drug-likeness (QED) is 0.466. The van der Waals surface area contributed by atoms with Crippen LogP contribution in [0.5, 0.6) is 0 Å². The molecule has 0 aliphatic carbocycles. The van der Waals surface area contributed by atoms with Crippen molar-refractivity contribution in [2.24, 2.45) is 4.99 Å². The lowest BCUT2D eigenvalue weighted by Crippen LogP contribution is -2.21. The van der Waals surface area contributed by atoms with Gasteiger partial charge >= 0.3 is 6.09 Å². The molecule has 0 bridgehead atoms. The lowest BCUT2D eigenvalue weighted by Gasteiger charge is -2.16. The minimum absolute atomic E-state index is 0.460. The Morgan fingerprint density at radius 2 is 2.00 bits per heavy atom. The van der Waals surface area contributed by atoms with Crippen molar-refractivity contribution in [2.75, 3.05) is 0 Å². The molecule has 0 aromatic heterocycles. The van der Waals surface area contributed by atoms with Gasteiger partial charge in [0, 0.05) is 0 Å². The zero-order valence-corrected chi connectivity index (χ0v) is 5.97. The molecule has 0 unspecified atom stereocenters. The van der Waals surface area contributed by atoms with Crippen LogP contribution in [0.25, 0.3) is 0 Å². The van der Waals surface area contributed by atoms with Crippen molar-refractivity contribution in [3.63, 3.8) is 0 Å². The highest BCUT2D eigenvalue weighted by molar-refractivity contribution is 5.73. The Labute approximate surface area is 54.7 Å². The Bertz CT molecular complexity index is 124. The average Bonchev–Trinajstić information content (AvgIpc) is 1.62. The molecule has 1 amide bonds. The Kier molecular flexibility index (Phi) is 2.37. The van der Waals surface area contributed by atoms with Gasteiger partial charge in [0.05, 0.1) is 0 Å². The fourth-order valence-electron chi connectivity index (χ4n) is 0.294. The van der Waals surface area contributed by atoms with Crippen molar-refractivity contribution in [3.05, 3.63) is 0 Å². The summed E-state index contributed by atoms with van der Waals surface area (Å²) in [5.74, 6) is 0. The van der Waals surface area contributed by atoms with Crippen LogP contribution in [0.4, 0.5) is 4.79 Å². The minimum Gasteiger partial charge on any atom is -0.442 e. The number of hydrogen-bond acceptors (Lipinski definition) is 2. The molecule has 52 valence electrons. The van der Waals surface area contributed by atoms with Crippen LogP contribution in [-0.4, -0.2) is 18.4 Å². The van der Waals surface area contributed by atoms with Gasteiger partial charge in [-0.2, -0.15) is 4.99 Å². The van der Waals surface area contributed by atoms with Crippen molar-refractivity contribution < 1.29 is 9.53 Å². The van der Waals surface area contributed by atoms with Gasteiger partial charge in [-0.1, -0.05) is 0 Å². The monoisotopic (exact) mass is 129 g/mol. The van der Waals surface area contributed by atoms with E-state index >= 15 is 0 Å². The maximum Gasteiger partial charge on any atom is 0.433 e. The van der Waals surface area contributed by atoms with Crippen molar-refractivity contribution in [1.82, 2.24) is 0 Å². The first-order valence-corrected chi connectivity index (χ1v) is 2.65. The first kappa shape index (κ1) is 8.14. The molecule has 0 aliphatic heterocycles.